The number of alkyl halides is 1. The van der Waals surface area contributed by atoms with Crippen LogP contribution in [0.15, 0.2) is 0 Å². The van der Waals surface area contributed by atoms with Crippen molar-refractivity contribution in [1.82, 2.24) is 4.90 Å². The summed E-state index contributed by atoms with van der Waals surface area (Å²) in [6.45, 7) is 0.324. The van der Waals surface area contributed by atoms with Crippen molar-refractivity contribution in [2.45, 2.75) is 62.9 Å². The van der Waals surface area contributed by atoms with E-state index in [4.69, 9.17) is 15.5 Å². The van der Waals surface area contributed by atoms with Crippen LogP contribution in [0.3, 0.4) is 0 Å². The van der Waals surface area contributed by atoms with Crippen LogP contribution in [0.25, 0.3) is 0 Å². The number of rotatable bonds is 4. The summed E-state index contributed by atoms with van der Waals surface area (Å²) >= 11 is 0. The average Bonchev–Trinajstić information content (AvgIpc) is 2.94. The van der Waals surface area contributed by atoms with Crippen LogP contribution in [0.2, 0.25) is 0 Å². The van der Waals surface area contributed by atoms with Gasteiger partial charge in [0.2, 0.25) is 11.8 Å². The van der Waals surface area contributed by atoms with Gasteiger partial charge in [0.15, 0.2) is 0 Å². The molecule has 1 aliphatic carbocycles. The number of likely N-dealkylation sites (tertiary alicyclic amines) is 1. The summed E-state index contributed by atoms with van der Waals surface area (Å²) in [7, 11) is -4.85. The number of halogens is 1. The molecule has 6 nitrogen and oxygen atoms in total. The maximum Gasteiger partial charge on any atom is 0.361 e. The van der Waals surface area contributed by atoms with Crippen LogP contribution < -0.4 is 5.73 Å². The zero-order valence-corrected chi connectivity index (χ0v) is 12.9. The maximum absolute atomic E-state index is 13.9. The summed E-state index contributed by atoms with van der Waals surface area (Å²) in [6, 6.07) is -1.73. The Bertz CT molecular complexity index is 424. The van der Waals surface area contributed by atoms with Crippen LogP contribution in [-0.4, -0.2) is 45.1 Å². The quantitative estimate of drug-likeness (QED) is 0.678. The molecule has 1 saturated heterocycles. The maximum atomic E-state index is 13.9. The Balaban J connectivity index is 2.04. The van der Waals surface area contributed by atoms with Gasteiger partial charge < -0.3 is 20.4 Å². The van der Waals surface area contributed by atoms with Crippen molar-refractivity contribution in [2.75, 3.05) is 6.54 Å². The number of nitrogens with zero attached hydrogens (tertiary/aromatic N) is 1. The second-order valence-corrected chi connectivity index (χ2v) is 7.80. The van der Waals surface area contributed by atoms with Gasteiger partial charge in [-0.2, -0.15) is 0 Å². The molecule has 0 aromatic rings. The first-order valence-electron chi connectivity index (χ1n) is 7.57. The van der Waals surface area contributed by atoms with Gasteiger partial charge >= 0.3 is 7.60 Å². The van der Waals surface area contributed by atoms with E-state index in [9.17, 15) is 13.8 Å². The molecule has 0 spiro atoms. The number of nitrogens with two attached hydrogens (primary N) is 1. The van der Waals surface area contributed by atoms with Gasteiger partial charge in [0.25, 0.3) is 0 Å². The molecule has 1 unspecified atom stereocenters. The largest absolute Gasteiger partial charge is 0.361 e. The standard InChI is InChI=1S/C13H24FN2O4P/c14-12(21(18,19)20)10-7-4-8-16(10)13(17)11(15)9-5-2-1-3-6-9/h9-12H,1-8,15H2,(H2,18,19,20)/t10-,11-,12?/m0/s1. The molecule has 122 valence electrons. The number of carbonyl (C=O) groups excluding carboxylic acids is 1. The minimum atomic E-state index is -4.85. The summed E-state index contributed by atoms with van der Waals surface area (Å²) in [4.78, 5) is 31.7. The second-order valence-electron chi connectivity index (χ2n) is 6.13. The molecule has 1 aliphatic heterocycles. The fourth-order valence-corrected chi connectivity index (χ4v) is 4.22. The van der Waals surface area contributed by atoms with Gasteiger partial charge in [0, 0.05) is 6.54 Å². The van der Waals surface area contributed by atoms with E-state index >= 15 is 0 Å². The van der Waals surface area contributed by atoms with E-state index in [1.807, 2.05) is 0 Å². The molecule has 3 atom stereocenters. The van der Waals surface area contributed by atoms with Crippen LogP contribution in [0, 0.1) is 5.92 Å². The summed E-state index contributed by atoms with van der Waals surface area (Å²) in [5, 5.41) is 0. The molecular formula is C13H24FN2O4P. The van der Waals surface area contributed by atoms with Crippen LogP contribution in [0.1, 0.15) is 44.9 Å². The van der Waals surface area contributed by atoms with E-state index in [0.717, 1.165) is 32.1 Å². The van der Waals surface area contributed by atoms with Crippen LogP contribution in [0.5, 0.6) is 0 Å². The molecular weight excluding hydrogens is 298 g/mol. The first-order chi connectivity index (χ1) is 9.82. The van der Waals surface area contributed by atoms with Crippen molar-refractivity contribution in [3.8, 4) is 0 Å². The fraction of sp³-hybridized carbons (Fsp3) is 0.923. The molecule has 1 amide bonds. The Labute approximate surface area is 124 Å². The van der Waals surface area contributed by atoms with Gasteiger partial charge in [-0.3, -0.25) is 9.36 Å². The summed E-state index contributed by atoms with van der Waals surface area (Å²) in [6.07, 6.45) is 5.84. The monoisotopic (exact) mass is 322 g/mol. The predicted molar refractivity (Wildman–Crippen MR) is 76.2 cm³/mol. The van der Waals surface area contributed by atoms with E-state index < -0.39 is 25.6 Å². The highest BCUT2D eigenvalue weighted by atomic mass is 31.2. The van der Waals surface area contributed by atoms with Crippen molar-refractivity contribution in [2.24, 2.45) is 11.7 Å². The lowest BCUT2D eigenvalue weighted by molar-refractivity contribution is -0.135. The molecule has 0 radical (unpaired) electrons. The van der Waals surface area contributed by atoms with E-state index in [0.29, 0.717) is 13.0 Å². The zero-order chi connectivity index (χ0) is 15.6. The third-order valence-corrected chi connectivity index (χ3v) is 5.65. The molecule has 0 aromatic heterocycles. The number of hydrogen-bond donors (Lipinski definition) is 3. The zero-order valence-electron chi connectivity index (χ0n) is 12.0. The molecule has 2 rings (SSSR count). The lowest BCUT2D eigenvalue weighted by atomic mass is 9.83. The van der Waals surface area contributed by atoms with Gasteiger partial charge in [-0.15, -0.1) is 0 Å². The summed E-state index contributed by atoms with van der Waals surface area (Å²) in [5.74, 6) is -2.58. The molecule has 8 heteroatoms. The Morgan fingerprint density at radius 2 is 1.81 bits per heavy atom. The van der Waals surface area contributed by atoms with Crippen molar-refractivity contribution in [3.63, 3.8) is 0 Å². The van der Waals surface area contributed by atoms with Crippen LogP contribution in [-0.2, 0) is 9.36 Å². The molecule has 2 fully saturated rings. The Hall–Kier alpha value is -0.490. The summed E-state index contributed by atoms with van der Waals surface area (Å²) in [5.41, 5.74) is 6.04. The Kier molecular flexibility index (Phi) is 5.41. The second kappa shape index (κ2) is 6.73. The molecule has 4 N–H and O–H groups in total. The predicted octanol–water partition coefficient (Wildman–Crippen LogP) is 1.36. The third-order valence-electron chi connectivity index (χ3n) is 4.66. The molecule has 0 aromatic carbocycles. The minimum Gasteiger partial charge on any atom is -0.335 e. The van der Waals surface area contributed by atoms with E-state index in [-0.39, 0.29) is 18.2 Å². The van der Waals surface area contributed by atoms with E-state index in [2.05, 4.69) is 0 Å². The molecule has 21 heavy (non-hydrogen) atoms. The average molecular weight is 322 g/mol. The lowest BCUT2D eigenvalue weighted by Gasteiger charge is -2.33. The fourth-order valence-electron chi connectivity index (χ4n) is 3.46. The highest BCUT2D eigenvalue weighted by molar-refractivity contribution is 7.52. The Morgan fingerprint density at radius 1 is 1.19 bits per heavy atom. The first kappa shape index (κ1) is 16.9. The molecule has 1 saturated carbocycles. The van der Waals surface area contributed by atoms with Gasteiger partial charge in [-0.05, 0) is 31.6 Å². The van der Waals surface area contributed by atoms with Crippen molar-refractivity contribution in [1.29, 1.82) is 0 Å². The van der Waals surface area contributed by atoms with Crippen LogP contribution >= 0.6 is 7.60 Å². The van der Waals surface area contributed by atoms with Gasteiger partial charge in [0.05, 0.1) is 12.1 Å². The first-order valence-corrected chi connectivity index (χ1v) is 9.26. The SMILES string of the molecule is N[C@H](C(=O)N1CCC[C@H]1C(F)P(=O)(O)O)C1CCCCC1. The number of hydrogen-bond acceptors (Lipinski definition) is 3. The summed E-state index contributed by atoms with van der Waals surface area (Å²) < 4.78 is 25.0. The highest BCUT2D eigenvalue weighted by Gasteiger charge is 2.45. The van der Waals surface area contributed by atoms with Crippen molar-refractivity contribution < 1.29 is 23.5 Å². The van der Waals surface area contributed by atoms with Crippen molar-refractivity contribution in [3.05, 3.63) is 0 Å². The lowest BCUT2D eigenvalue weighted by Crippen LogP contribution is -2.51. The smallest absolute Gasteiger partial charge is 0.335 e. The van der Waals surface area contributed by atoms with Crippen LogP contribution in [0.4, 0.5) is 4.39 Å². The van der Waals surface area contributed by atoms with Gasteiger partial charge in [-0.25, -0.2) is 4.39 Å². The van der Waals surface area contributed by atoms with Gasteiger partial charge in [-0.1, -0.05) is 19.3 Å². The molecule has 1 heterocycles. The molecule has 0 bridgehead atoms. The molecule has 2 aliphatic rings. The number of amides is 1. The third kappa shape index (κ3) is 3.83. The normalized spacial score (nSPS) is 27.6. The van der Waals surface area contributed by atoms with Gasteiger partial charge in [0.1, 0.15) is 0 Å². The highest BCUT2D eigenvalue weighted by Crippen LogP contribution is 2.47. The topological polar surface area (TPSA) is 104 Å². The minimum absolute atomic E-state index is 0.0978. The van der Waals surface area contributed by atoms with Crippen molar-refractivity contribution >= 4 is 13.5 Å². The number of carbonyl (C=O) groups is 1. The Morgan fingerprint density at radius 3 is 2.38 bits per heavy atom. The van der Waals surface area contributed by atoms with E-state index in [1.54, 1.807) is 0 Å². The van der Waals surface area contributed by atoms with E-state index in [1.165, 1.54) is 4.90 Å².